The fourth-order valence-electron chi connectivity index (χ4n) is 7.57. The van der Waals surface area contributed by atoms with Crippen LogP contribution in [0.2, 0.25) is 26.2 Å². The highest BCUT2D eigenvalue weighted by Gasteiger charge is 2.43. The molecule has 0 aliphatic carbocycles. The number of hydrogen-bond acceptors (Lipinski definition) is 0. The topological polar surface area (TPSA) is 0 Å². The van der Waals surface area contributed by atoms with Crippen molar-refractivity contribution in [3.8, 4) is 22.3 Å². The molecule has 2 heteroatoms. The Labute approximate surface area is 202 Å². The highest BCUT2D eigenvalue weighted by Crippen LogP contribution is 2.45. The average molecular weight is 467 g/mol. The molecule has 0 unspecified atom stereocenters. The lowest BCUT2D eigenvalue weighted by molar-refractivity contribution is 1.73. The van der Waals surface area contributed by atoms with Crippen LogP contribution in [0.3, 0.4) is 0 Å². The zero-order chi connectivity index (χ0) is 23.0. The van der Waals surface area contributed by atoms with Crippen molar-refractivity contribution in [2.45, 2.75) is 26.2 Å². The van der Waals surface area contributed by atoms with Crippen molar-refractivity contribution in [1.29, 1.82) is 0 Å². The maximum atomic E-state index is 2.61. The quantitative estimate of drug-likeness (QED) is 0.185. The molecule has 0 bridgehead atoms. The highest BCUT2D eigenvalue weighted by atomic mass is 28.3. The first-order valence-electron chi connectivity index (χ1n) is 12.4. The van der Waals surface area contributed by atoms with E-state index in [9.17, 15) is 0 Å². The molecule has 34 heavy (non-hydrogen) atoms. The number of rotatable bonds is 0. The summed E-state index contributed by atoms with van der Waals surface area (Å²) in [5, 5.41) is 15.3. The third-order valence-corrected chi connectivity index (χ3v) is 16.1. The van der Waals surface area contributed by atoms with Crippen molar-refractivity contribution in [3.05, 3.63) is 84.9 Å². The molecule has 8 rings (SSSR count). The van der Waals surface area contributed by atoms with Crippen LogP contribution < -0.4 is 20.7 Å². The van der Waals surface area contributed by atoms with Gasteiger partial charge in [-0.15, -0.1) is 0 Å². The Hall–Kier alpha value is -3.21. The van der Waals surface area contributed by atoms with Crippen molar-refractivity contribution in [1.82, 2.24) is 0 Å². The van der Waals surface area contributed by atoms with Crippen LogP contribution in [0, 0.1) is 0 Å². The maximum absolute atomic E-state index is 2.61. The summed E-state index contributed by atoms with van der Waals surface area (Å²) in [7, 11) is -3.64. The molecule has 0 saturated carbocycles. The largest absolute Gasteiger partial charge is 0.114 e. The van der Waals surface area contributed by atoms with Crippen molar-refractivity contribution < 1.29 is 0 Å². The second kappa shape index (κ2) is 5.88. The average Bonchev–Trinajstić information content (AvgIpc) is 3.23. The van der Waals surface area contributed by atoms with Gasteiger partial charge in [-0.25, -0.2) is 0 Å². The molecule has 0 radical (unpaired) electrons. The van der Waals surface area contributed by atoms with E-state index in [1.165, 1.54) is 54.6 Å². The molecule has 0 N–H and O–H groups in total. The highest BCUT2D eigenvalue weighted by molar-refractivity contribution is 7.07. The van der Waals surface area contributed by atoms with Crippen molar-refractivity contribution in [2.75, 3.05) is 0 Å². The lowest BCUT2D eigenvalue weighted by atomic mass is 9.87. The van der Waals surface area contributed by atoms with Crippen LogP contribution in [0.1, 0.15) is 0 Å². The van der Waals surface area contributed by atoms with E-state index in [4.69, 9.17) is 0 Å². The standard InChI is InChI=1S/C32H26Si2/c1-33(2)26-14-7-5-11-20(26)24-18-25-29-23(31(24)33)17-16-19-10-9-13-22(28(19)29)30-21-12-6-8-15-27(21)34(3,4)32(25)30/h5-18H,1-4H3. The van der Waals surface area contributed by atoms with Gasteiger partial charge in [0, 0.05) is 0 Å². The lowest BCUT2D eigenvalue weighted by Crippen LogP contribution is -2.50. The fourth-order valence-corrected chi connectivity index (χ4v) is 14.4. The minimum Gasteiger partial charge on any atom is -0.0623 e. The predicted molar refractivity (Wildman–Crippen MR) is 155 cm³/mol. The molecule has 0 nitrogen and oxygen atoms in total. The first-order chi connectivity index (χ1) is 16.4. The molecular weight excluding hydrogens is 441 g/mol. The Balaban J connectivity index is 1.69. The van der Waals surface area contributed by atoms with Gasteiger partial charge in [0.2, 0.25) is 0 Å². The van der Waals surface area contributed by atoms with E-state index in [0.29, 0.717) is 0 Å². The Morgan fingerprint density at radius 2 is 1.15 bits per heavy atom. The van der Waals surface area contributed by atoms with E-state index in [2.05, 4.69) is 111 Å². The maximum Gasteiger partial charge on any atom is 0.114 e. The molecule has 0 spiro atoms. The minimum atomic E-state index is -1.85. The molecule has 6 aromatic rings. The second-order valence-corrected chi connectivity index (χ2v) is 19.9. The van der Waals surface area contributed by atoms with Gasteiger partial charge in [-0.1, -0.05) is 105 Å². The molecule has 0 fully saturated rings. The predicted octanol–water partition coefficient (Wildman–Crippen LogP) is 6.19. The summed E-state index contributed by atoms with van der Waals surface area (Å²) in [4.78, 5) is 0. The van der Waals surface area contributed by atoms with Gasteiger partial charge in [-0.2, -0.15) is 0 Å². The van der Waals surface area contributed by atoms with E-state index < -0.39 is 16.1 Å². The summed E-state index contributed by atoms with van der Waals surface area (Å²) in [5.74, 6) is 0. The van der Waals surface area contributed by atoms with Gasteiger partial charge in [0.15, 0.2) is 0 Å². The zero-order valence-electron chi connectivity index (χ0n) is 20.1. The van der Waals surface area contributed by atoms with Gasteiger partial charge in [0.1, 0.15) is 16.1 Å². The van der Waals surface area contributed by atoms with Gasteiger partial charge in [-0.05, 0) is 81.4 Å². The lowest BCUT2D eigenvalue weighted by Gasteiger charge is -2.26. The first kappa shape index (κ1) is 19.1. The van der Waals surface area contributed by atoms with Crippen molar-refractivity contribution in [3.63, 3.8) is 0 Å². The van der Waals surface area contributed by atoms with Gasteiger partial charge in [0.25, 0.3) is 0 Å². The molecule has 0 atom stereocenters. The SMILES string of the molecule is C[Si]1(C)c2ccccc2-c2cc3c4c(c5cccc6ccc(c21)c3c65)-c1ccccc1[Si]4(C)C. The van der Waals surface area contributed by atoms with E-state index in [1.807, 2.05) is 0 Å². The molecule has 0 aromatic heterocycles. The number of fused-ring (bicyclic) bond motifs is 9. The Kier molecular flexibility index (Phi) is 3.31. The summed E-state index contributed by atoms with van der Waals surface area (Å²) < 4.78 is 0. The van der Waals surface area contributed by atoms with Crippen LogP contribution in [-0.2, 0) is 0 Å². The first-order valence-corrected chi connectivity index (χ1v) is 18.4. The van der Waals surface area contributed by atoms with E-state index in [1.54, 1.807) is 20.7 Å². The van der Waals surface area contributed by atoms with Gasteiger partial charge < -0.3 is 0 Å². The molecular formula is C32H26Si2. The summed E-state index contributed by atoms with van der Waals surface area (Å²) >= 11 is 0. The van der Waals surface area contributed by atoms with Crippen molar-refractivity contribution in [2.24, 2.45) is 0 Å². The van der Waals surface area contributed by atoms with E-state index >= 15 is 0 Å². The molecule has 162 valence electrons. The third-order valence-electron chi connectivity index (χ3n) is 8.94. The van der Waals surface area contributed by atoms with Crippen LogP contribution >= 0.6 is 0 Å². The van der Waals surface area contributed by atoms with Crippen LogP contribution in [0.5, 0.6) is 0 Å². The molecule has 2 aliphatic heterocycles. The van der Waals surface area contributed by atoms with E-state index in [0.717, 1.165) is 0 Å². The van der Waals surface area contributed by atoms with Crippen LogP contribution in [0.25, 0.3) is 54.6 Å². The summed E-state index contributed by atoms with van der Waals surface area (Å²) in [6.45, 7) is 10.2. The third kappa shape index (κ3) is 1.99. The monoisotopic (exact) mass is 466 g/mol. The van der Waals surface area contributed by atoms with Crippen molar-refractivity contribution >= 4 is 69.2 Å². The van der Waals surface area contributed by atoms with Gasteiger partial charge >= 0.3 is 0 Å². The smallest absolute Gasteiger partial charge is 0.0623 e. The normalized spacial score (nSPS) is 16.7. The minimum absolute atomic E-state index is 1.37. The zero-order valence-corrected chi connectivity index (χ0v) is 22.1. The molecule has 6 aromatic carbocycles. The van der Waals surface area contributed by atoms with Crippen LogP contribution in [-0.4, -0.2) is 16.1 Å². The number of hydrogen-bond donors (Lipinski definition) is 0. The van der Waals surface area contributed by atoms with Crippen LogP contribution in [0.4, 0.5) is 0 Å². The van der Waals surface area contributed by atoms with Crippen LogP contribution in [0.15, 0.2) is 84.9 Å². The fraction of sp³-hybridized carbons (Fsp3) is 0.125. The second-order valence-electron chi connectivity index (χ2n) is 11.3. The molecule has 0 saturated heterocycles. The Bertz CT molecular complexity index is 1860. The van der Waals surface area contributed by atoms with E-state index in [-0.39, 0.29) is 0 Å². The Morgan fingerprint density at radius 3 is 1.94 bits per heavy atom. The van der Waals surface area contributed by atoms with Gasteiger partial charge in [0.05, 0.1) is 0 Å². The summed E-state index contributed by atoms with van der Waals surface area (Å²) in [5.41, 5.74) is 5.96. The van der Waals surface area contributed by atoms with Gasteiger partial charge in [-0.3, -0.25) is 0 Å². The number of benzene rings is 6. The molecule has 2 heterocycles. The summed E-state index contributed by atoms with van der Waals surface area (Å²) in [6.07, 6.45) is 0. The summed E-state index contributed by atoms with van der Waals surface area (Å²) in [6, 6.07) is 32.9. The molecule has 2 aliphatic rings. The Morgan fingerprint density at radius 1 is 0.471 bits per heavy atom. The molecule has 0 amide bonds.